The van der Waals surface area contributed by atoms with E-state index in [4.69, 9.17) is 9.72 Å². The molecule has 0 aliphatic carbocycles. The van der Waals surface area contributed by atoms with E-state index in [1.807, 2.05) is 91.9 Å². The fraction of sp³-hybridized carbons (Fsp3) is 0.357. The molecule has 4 amide bonds. The smallest absolute Gasteiger partial charge is 0.355 e. The molecular formula is C56H60N10O7S. The minimum absolute atomic E-state index is 0.0259. The van der Waals surface area contributed by atoms with Crippen molar-refractivity contribution in [3.05, 3.63) is 124 Å². The molecule has 4 N–H and O–H groups in total. The lowest BCUT2D eigenvalue weighted by molar-refractivity contribution is -0.134. The van der Waals surface area contributed by atoms with Gasteiger partial charge >= 0.3 is 5.97 Å². The van der Waals surface area contributed by atoms with Crippen molar-refractivity contribution in [1.29, 1.82) is 0 Å². The van der Waals surface area contributed by atoms with Crippen LogP contribution in [0.5, 0.6) is 5.75 Å². The van der Waals surface area contributed by atoms with Gasteiger partial charge in [0.2, 0.25) is 17.7 Å². The second kappa shape index (κ2) is 20.8. The van der Waals surface area contributed by atoms with E-state index in [1.54, 1.807) is 11.7 Å². The average Bonchev–Trinajstić information content (AvgIpc) is 3.95. The quantitative estimate of drug-likeness (QED) is 0.0605. The first-order valence-electron chi connectivity index (χ1n) is 25.2. The molecule has 0 radical (unpaired) electrons. The normalized spacial score (nSPS) is 16.6. The summed E-state index contributed by atoms with van der Waals surface area (Å²) in [5.41, 5.74) is 7.89. The lowest BCUT2D eigenvalue weighted by Gasteiger charge is -2.34. The van der Waals surface area contributed by atoms with E-state index in [2.05, 4.69) is 61.5 Å². The Morgan fingerprint density at radius 1 is 0.892 bits per heavy atom. The van der Waals surface area contributed by atoms with Crippen molar-refractivity contribution in [3.8, 4) is 16.9 Å². The van der Waals surface area contributed by atoms with Crippen molar-refractivity contribution in [2.24, 2.45) is 7.05 Å². The highest BCUT2D eigenvalue weighted by Gasteiger charge is 2.33. The molecule has 18 heteroatoms. The zero-order chi connectivity index (χ0) is 51.8. The molecule has 3 aliphatic rings. The summed E-state index contributed by atoms with van der Waals surface area (Å²) < 4.78 is 8.93. The maximum absolute atomic E-state index is 13.8. The van der Waals surface area contributed by atoms with E-state index >= 15 is 0 Å². The number of rotatable bonds is 14. The van der Waals surface area contributed by atoms with Gasteiger partial charge in [0.25, 0.3) is 5.91 Å². The van der Waals surface area contributed by atoms with Gasteiger partial charge < -0.3 is 25.0 Å². The molecule has 3 aromatic heterocycles. The van der Waals surface area contributed by atoms with E-state index in [9.17, 15) is 29.1 Å². The van der Waals surface area contributed by atoms with Gasteiger partial charge in [-0.05, 0) is 102 Å². The number of amides is 4. The Morgan fingerprint density at radius 2 is 1.68 bits per heavy atom. The number of carboxylic acid groups (broad SMARTS) is 1. The monoisotopic (exact) mass is 1020 g/mol. The predicted octanol–water partition coefficient (Wildman–Crippen LogP) is 7.91. The Kier molecular flexibility index (Phi) is 14.0. The van der Waals surface area contributed by atoms with Crippen LogP contribution in [-0.2, 0) is 39.8 Å². The van der Waals surface area contributed by atoms with Crippen molar-refractivity contribution in [3.63, 3.8) is 0 Å². The number of pyridine rings is 1. The number of hydrogen-bond acceptors (Lipinski definition) is 13. The summed E-state index contributed by atoms with van der Waals surface area (Å²) >= 11 is 1.43. The number of ether oxygens (including phenoxy) is 1. The summed E-state index contributed by atoms with van der Waals surface area (Å²) in [5.74, 6) is -1.40. The van der Waals surface area contributed by atoms with Crippen LogP contribution in [-0.4, -0.2) is 117 Å². The fourth-order valence-corrected chi connectivity index (χ4v) is 11.4. The van der Waals surface area contributed by atoms with Crippen LogP contribution < -0.4 is 25.6 Å². The first-order valence-corrected chi connectivity index (χ1v) is 26.0. The molecule has 10 rings (SSSR count). The summed E-state index contributed by atoms with van der Waals surface area (Å²) in [7, 11) is 1.79. The molecule has 3 aliphatic heterocycles. The van der Waals surface area contributed by atoms with Gasteiger partial charge in [-0.2, -0.15) is 5.10 Å². The molecule has 74 heavy (non-hydrogen) atoms. The molecule has 0 spiro atoms. The number of nitrogens with zero attached hydrogens (tertiary/aromatic N) is 7. The van der Waals surface area contributed by atoms with Gasteiger partial charge in [0.1, 0.15) is 11.6 Å². The molecule has 17 nitrogen and oxygen atoms in total. The fourth-order valence-electron chi connectivity index (χ4n) is 10.5. The largest absolute Gasteiger partial charge is 0.494 e. The average molecular weight is 1020 g/mol. The topological polar surface area (TPSA) is 204 Å². The van der Waals surface area contributed by atoms with Gasteiger partial charge in [0.05, 0.1) is 46.2 Å². The molecule has 6 heterocycles. The zero-order valence-corrected chi connectivity index (χ0v) is 43.1. The molecule has 2 saturated heterocycles. The number of imide groups is 1. The minimum atomic E-state index is -1.12. The Labute approximate surface area is 432 Å². The van der Waals surface area contributed by atoms with Gasteiger partial charge in [0, 0.05) is 75.8 Å². The molecule has 0 bridgehead atoms. The van der Waals surface area contributed by atoms with Gasteiger partial charge in [-0.1, -0.05) is 74.6 Å². The number of hydrogen-bond donors (Lipinski definition) is 4. The number of carbonyl (C=O) groups excluding carboxylic acids is 4. The maximum Gasteiger partial charge on any atom is 0.355 e. The number of thiazole rings is 1. The van der Waals surface area contributed by atoms with E-state index in [0.29, 0.717) is 71.7 Å². The van der Waals surface area contributed by atoms with E-state index in [1.165, 1.54) is 11.3 Å². The van der Waals surface area contributed by atoms with Crippen LogP contribution in [0.3, 0.4) is 0 Å². The lowest BCUT2D eigenvalue weighted by Crippen LogP contribution is -2.48. The van der Waals surface area contributed by atoms with Crippen molar-refractivity contribution in [2.75, 3.05) is 68.0 Å². The number of para-hydroxylation sites is 2. The third-order valence-corrected chi connectivity index (χ3v) is 15.2. The molecule has 0 saturated carbocycles. The number of fused-ring (bicyclic) bond motifs is 3. The predicted molar refractivity (Wildman–Crippen MR) is 286 cm³/mol. The Morgan fingerprint density at radius 3 is 2.43 bits per heavy atom. The van der Waals surface area contributed by atoms with Crippen LogP contribution in [0.4, 0.5) is 16.6 Å². The third kappa shape index (κ3) is 10.5. The van der Waals surface area contributed by atoms with E-state index < -0.39 is 17.3 Å². The number of piperazine rings is 1. The molecule has 1 atom stereocenters. The molecule has 382 valence electrons. The van der Waals surface area contributed by atoms with Crippen LogP contribution in [0, 0.1) is 6.92 Å². The maximum atomic E-state index is 13.8. The number of piperidine rings is 1. The second-order valence-corrected chi connectivity index (χ2v) is 21.5. The van der Waals surface area contributed by atoms with Crippen LogP contribution in [0.15, 0.2) is 84.9 Å². The second-order valence-electron chi connectivity index (χ2n) is 20.4. The number of aromatic carboxylic acids is 1. The first kappa shape index (κ1) is 50.0. The number of aryl methyl sites for hydroxylation is 2. The summed E-state index contributed by atoms with van der Waals surface area (Å²) in [6.07, 6.45) is 2.12. The summed E-state index contributed by atoms with van der Waals surface area (Å²) in [4.78, 5) is 80.8. The number of anilines is 3. The summed E-state index contributed by atoms with van der Waals surface area (Å²) in [6.45, 7) is 13.9. The van der Waals surface area contributed by atoms with Crippen molar-refractivity contribution in [2.45, 2.75) is 71.3 Å². The van der Waals surface area contributed by atoms with Gasteiger partial charge in [-0.3, -0.25) is 39.4 Å². The van der Waals surface area contributed by atoms with Crippen molar-refractivity contribution in [1.82, 2.24) is 34.9 Å². The van der Waals surface area contributed by atoms with Crippen molar-refractivity contribution >= 4 is 78.7 Å². The number of carboxylic acids is 1. The zero-order valence-electron chi connectivity index (χ0n) is 42.3. The standard InChI is InChI=1S/C56H60N10O7S/c1-33-29-35(73-28-10-22-64-24-26-65(27-25-64)32-47(68)57-43-15-9-13-38-49(62-63(5)51(38)43)39-19-20-46(67)60-53(39)70)17-18-36(33)48-41(56(2,3)4)30-45(59-50(48)54(71)72)66-23-21-34-11-8-12-37(40(34)31-66)52(69)61-55-58-42-14-6-7-16-44(42)74-55/h6-9,11-18,29-30,39H,10,19-28,31-32H2,1-5H3,(H,57,68)(H,71,72)(H,58,61,69)(H,60,67,70). The lowest BCUT2D eigenvalue weighted by atomic mass is 9.80. The molecule has 7 aromatic rings. The van der Waals surface area contributed by atoms with Gasteiger partial charge in [-0.15, -0.1) is 0 Å². The van der Waals surface area contributed by atoms with Crippen LogP contribution in [0.1, 0.15) is 94.7 Å². The van der Waals surface area contributed by atoms with E-state index in [0.717, 1.165) is 88.1 Å². The summed E-state index contributed by atoms with van der Waals surface area (Å²) in [6, 6.07) is 26.9. The highest BCUT2D eigenvalue weighted by atomic mass is 32.1. The first-order chi connectivity index (χ1) is 35.6. The van der Waals surface area contributed by atoms with E-state index in [-0.39, 0.29) is 42.3 Å². The van der Waals surface area contributed by atoms with Gasteiger partial charge in [0.15, 0.2) is 10.8 Å². The Bertz CT molecular complexity index is 3320. The Balaban J connectivity index is 0.744. The minimum Gasteiger partial charge on any atom is -0.494 e. The van der Waals surface area contributed by atoms with Gasteiger partial charge in [-0.25, -0.2) is 14.8 Å². The molecular weight excluding hydrogens is 957 g/mol. The highest BCUT2D eigenvalue weighted by molar-refractivity contribution is 7.22. The highest BCUT2D eigenvalue weighted by Crippen LogP contribution is 2.41. The molecule has 1 unspecified atom stereocenters. The molecule has 4 aromatic carbocycles. The van der Waals surface area contributed by atoms with Crippen molar-refractivity contribution < 1.29 is 33.8 Å². The number of benzene rings is 4. The SMILES string of the molecule is Cc1cc(OCCCN2CCN(CC(=O)Nc3cccc4c(C5CCC(=O)NC5=O)nn(C)c34)CC2)ccc1-c1c(C(C)(C)C)cc(N2CCc3cccc(C(=O)Nc4nc5ccccc5s4)c3C2)nc1C(=O)O. The number of nitrogens with one attached hydrogen (secondary N) is 3. The summed E-state index contributed by atoms with van der Waals surface area (Å²) in [5, 5.41) is 25.2. The number of aromatic nitrogens is 4. The van der Waals surface area contributed by atoms with Crippen LogP contribution in [0.25, 0.3) is 32.2 Å². The number of carbonyl (C=O) groups is 5. The Hall–Kier alpha value is -7.54. The third-order valence-electron chi connectivity index (χ3n) is 14.3. The molecule has 2 fully saturated rings. The van der Waals surface area contributed by atoms with Crippen LogP contribution >= 0.6 is 11.3 Å². The van der Waals surface area contributed by atoms with Crippen LogP contribution in [0.2, 0.25) is 0 Å².